The average molecular weight is 1530 g/mol. The Kier molecular flexibility index (Phi) is 15.0. The van der Waals surface area contributed by atoms with E-state index in [2.05, 4.69) is 443 Å². The summed E-state index contributed by atoms with van der Waals surface area (Å²) in [6.45, 7) is 0. The molecule has 0 atom stereocenters. The Morgan fingerprint density at radius 2 is 0.467 bits per heavy atom. The molecule has 6 aromatic heterocycles. The molecular formula is C114H70N4O2. The number of benzene rings is 19. The van der Waals surface area contributed by atoms with Gasteiger partial charge in [0, 0.05) is 75.9 Å². The Hall–Kier alpha value is -16.0. The van der Waals surface area contributed by atoms with Crippen LogP contribution in [0.2, 0.25) is 0 Å². The standard InChI is InChI=1S/C114H70N4O2/c1-4-24-71(25-5-1)76-29-23-31-83(65-76)87-59-63-105(114-112(87)95-39-15-21-45-110(95)120-114)118-103-61-53-78(66-97(103)93-57-52-80(69-108(93)118)79-54-60-102-96(67-79)90-37-13-19-43-101(90)116(102)98-40-16-10-34-85(98)73-26-6-2-7-27-73)77-30-22-28-75(64-77)72-46-48-74(49-47-72)86-58-62-104(113-111(86)94-38-14-20-44-109(94)119-113)117-100-42-18-12-36-89(100)92-56-51-82(70-107(92)117)81-50-55-91-88-35-11-17-41-99(88)115(106(91)68-81)84-32-8-3-9-33-84/h1-70H. The smallest absolute Gasteiger partial charge is 0.160 e. The highest BCUT2D eigenvalue weighted by Gasteiger charge is 2.27. The molecule has 0 amide bonds. The monoisotopic (exact) mass is 1530 g/mol. The lowest BCUT2D eigenvalue weighted by atomic mass is 9.94. The third-order valence-electron chi connectivity index (χ3n) is 25.2. The molecule has 0 bridgehead atoms. The molecule has 0 aliphatic heterocycles. The van der Waals surface area contributed by atoms with Gasteiger partial charge in [-0.05, 0) is 199 Å². The number of hydrogen-bond acceptors (Lipinski definition) is 2. The number of furan rings is 2. The van der Waals surface area contributed by atoms with Gasteiger partial charge in [0.25, 0.3) is 0 Å². The van der Waals surface area contributed by atoms with Crippen molar-refractivity contribution in [2.24, 2.45) is 0 Å². The van der Waals surface area contributed by atoms with Crippen molar-refractivity contribution >= 4 is 131 Å². The summed E-state index contributed by atoms with van der Waals surface area (Å²) in [5.74, 6) is 0. The summed E-state index contributed by atoms with van der Waals surface area (Å²) in [7, 11) is 0. The first-order valence-corrected chi connectivity index (χ1v) is 41.2. The van der Waals surface area contributed by atoms with Crippen molar-refractivity contribution in [3.63, 3.8) is 0 Å². The zero-order valence-electron chi connectivity index (χ0n) is 65.0. The predicted octanol–water partition coefficient (Wildman–Crippen LogP) is 31.2. The molecule has 6 heterocycles. The first-order valence-electron chi connectivity index (χ1n) is 41.2. The molecule has 0 saturated heterocycles. The Labute approximate surface area is 690 Å². The van der Waals surface area contributed by atoms with Crippen LogP contribution in [-0.2, 0) is 0 Å². The normalized spacial score (nSPS) is 12.0. The highest BCUT2D eigenvalue weighted by Crippen LogP contribution is 2.49. The highest BCUT2D eigenvalue weighted by molar-refractivity contribution is 6.21. The van der Waals surface area contributed by atoms with Crippen LogP contribution in [0.3, 0.4) is 0 Å². The third-order valence-corrected chi connectivity index (χ3v) is 25.2. The van der Waals surface area contributed by atoms with E-state index in [1.807, 2.05) is 0 Å². The molecule has 19 aromatic carbocycles. The number of fused-ring (bicyclic) bond motifs is 18. The van der Waals surface area contributed by atoms with Crippen LogP contribution in [0.4, 0.5) is 0 Å². The van der Waals surface area contributed by atoms with Crippen LogP contribution in [0.1, 0.15) is 0 Å². The largest absolute Gasteiger partial charge is 0.454 e. The van der Waals surface area contributed by atoms with Gasteiger partial charge in [-0.15, -0.1) is 0 Å². The maximum absolute atomic E-state index is 7.23. The van der Waals surface area contributed by atoms with Crippen molar-refractivity contribution in [3.8, 4) is 112 Å². The summed E-state index contributed by atoms with van der Waals surface area (Å²) in [5.41, 5.74) is 34.9. The molecule has 0 saturated carbocycles. The van der Waals surface area contributed by atoms with Crippen molar-refractivity contribution in [2.45, 2.75) is 0 Å². The van der Waals surface area contributed by atoms with Gasteiger partial charge < -0.3 is 27.1 Å². The first kappa shape index (κ1) is 67.3. The molecule has 0 radical (unpaired) electrons. The van der Waals surface area contributed by atoms with Crippen molar-refractivity contribution < 1.29 is 8.83 Å². The molecular weight excluding hydrogens is 1460 g/mol. The van der Waals surface area contributed by atoms with E-state index >= 15 is 0 Å². The van der Waals surface area contributed by atoms with E-state index in [4.69, 9.17) is 8.83 Å². The van der Waals surface area contributed by atoms with Gasteiger partial charge in [0.2, 0.25) is 0 Å². The number of rotatable bonds is 12. The molecule has 25 aromatic rings. The second-order valence-corrected chi connectivity index (χ2v) is 31.7. The fourth-order valence-electron chi connectivity index (χ4n) is 19.7. The van der Waals surface area contributed by atoms with E-state index in [1.165, 1.54) is 65.6 Å². The summed E-state index contributed by atoms with van der Waals surface area (Å²) >= 11 is 0. The fraction of sp³-hybridized carbons (Fsp3) is 0. The van der Waals surface area contributed by atoms with Gasteiger partial charge in [-0.3, -0.25) is 0 Å². The molecule has 6 heteroatoms. The van der Waals surface area contributed by atoms with Crippen molar-refractivity contribution in [1.82, 2.24) is 18.3 Å². The zero-order chi connectivity index (χ0) is 78.6. The van der Waals surface area contributed by atoms with Crippen molar-refractivity contribution in [3.05, 3.63) is 425 Å². The van der Waals surface area contributed by atoms with Gasteiger partial charge in [-0.2, -0.15) is 0 Å². The van der Waals surface area contributed by atoms with E-state index in [1.54, 1.807) is 0 Å². The molecule has 0 spiro atoms. The van der Waals surface area contributed by atoms with E-state index < -0.39 is 0 Å². The van der Waals surface area contributed by atoms with Gasteiger partial charge in [0.05, 0.1) is 61.2 Å². The van der Waals surface area contributed by atoms with Crippen LogP contribution in [0, 0.1) is 0 Å². The number of para-hydroxylation sites is 7. The van der Waals surface area contributed by atoms with Crippen LogP contribution in [0.15, 0.2) is 433 Å². The first-order chi connectivity index (χ1) is 59.5. The summed E-state index contributed by atoms with van der Waals surface area (Å²) < 4.78 is 24.1. The van der Waals surface area contributed by atoms with Gasteiger partial charge in [0.1, 0.15) is 11.2 Å². The van der Waals surface area contributed by atoms with Crippen molar-refractivity contribution in [1.29, 1.82) is 0 Å². The maximum atomic E-state index is 7.23. The fourth-order valence-corrected chi connectivity index (χ4v) is 19.7. The lowest BCUT2D eigenvalue weighted by Gasteiger charge is -2.14. The number of aromatic nitrogens is 4. The van der Waals surface area contributed by atoms with Crippen molar-refractivity contribution in [2.75, 3.05) is 0 Å². The molecule has 0 aliphatic carbocycles. The Balaban J connectivity index is 0.603. The Morgan fingerprint density at radius 3 is 1.01 bits per heavy atom. The van der Waals surface area contributed by atoms with Gasteiger partial charge in [0.15, 0.2) is 11.2 Å². The molecule has 120 heavy (non-hydrogen) atoms. The lowest BCUT2D eigenvalue weighted by molar-refractivity contribution is 0.666. The quantitative estimate of drug-likeness (QED) is 0.122. The molecule has 0 fully saturated rings. The van der Waals surface area contributed by atoms with Crippen LogP contribution in [0.25, 0.3) is 243 Å². The molecule has 25 rings (SSSR count). The van der Waals surface area contributed by atoms with Gasteiger partial charge in [-0.1, -0.05) is 309 Å². The topological polar surface area (TPSA) is 46.0 Å². The third kappa shape index (κ3) is 10.5. The van der Waals surface area contributed by atoms with E-state index in [-0.39, 0.29) is 0 Å². The Bertz CT molecular complexity index is 8520. The minimum Gasteiger partial charge on any atom is -0.454 e. The van der Waals surface area contributed by atoms with Gasteiger partial charge in [-0.25, -0.2) is 0 Å². The van der Waals surface area contributed by atoms with Crippen LogP contribution < -0.4 is 0 Å². The molecule has 0 N–H and O–H groups in total. The average Bonchev–Trinajstić information content (AvgIpc) is 1.55. The van der Waals surface area contributed by atoms with E-state index in [9.17, 15) is 0 Å². The van der Waals surface area contributed by atoms with Crippen LogP contribution in [0.5, 0.6) is 0 Å². The molecule has 6 nitrogen and oxygen atoms in total. The Morgan fingerprint density at radius 1 is 0.150 bits per heavy atom. The predicted molar refractivity (Wildman–Crippen MR) is 502 cm³/mol. The lowest BCUT2D eigenvalue weighted by Crippen LogP contribution is -1.97. The van der Waals surface area contributed by atoms with Crippen LogP contribution >= 0.6 is 0 Å². The minimum atomic E-state index is 0.833. The summed E-state index contributed by atoms with van der Waals surface area (Å²) in [4.78, 5) is 0. The molecule has 0 unspecified atom stereocenters. The number of nitrogens with zero attached hydrogens (tertiary/aromatic N) is 4. The molecule has 0 aliphatic rings. The summed E-state index contributed by atoms with van der Waals surface area (Å²) in [6, 6.07) is 155. The van der Waals surface area contributed by atoms with Gasteiger partial charge >= 0.3 is 0 Å². The van der Waals surface area contributed by atoms with E-state index in [0.717, 1.165) is 177 Å². The molecule has 558 valence electrons. The second-order valence-electron chi connectivity index (χ2n) is 31.7. The maximum Gasteiger partial charge on any atom is 0.160 e. The second kappa shape index (κ2) is 26.8. The summed E-state index contributed by atoms with van der Waals surface area (Å²) in [6.07, 6.45) is 0. The number of hydrogen-bond donors (Lipinski definition) is 0. The zero-order valence-corrected chi connectivity index (χ0v) is 65.0. The minimum absolute atomic E-state index is 0.833. The highest BCUT2D eigenvalue weighted by atomic mass is 16.3. The van der Waals surface area contributed by atoms with Crippen LogP contribution in [-0.4, -0.2) is 18.3 Å². The summed E-state index contributed by atoms with van der Waals surface area (Å²) in [5, 5.41) is 13.8. The van der Waals surface area contributed by atoms with E-state index in [0.29, 0.717) is 0 Å². The SMILES string of the molecule is c1ccc(-c2cccc(-c3ccc(-n4c5ccc(-c6cccc(-c7ccc(-c8ccc(-n9c%10ccccc%10c%10ccc(-c%11ccc%12c%13ccccc%13n(-c%13ccccc%13)c%12c%11)cc%109)c9oc%10ccccc%10c89)cc7)c6)cc5c5ccc(-c6ccc7c(c6)c6ccccc6n7-c6ccccc6-c6ccccc6)cc54)c4oc5ccccc5c34)c2)cc1.